The third kappa shape index (κ3) is 2.68. The van der Waals surface area contributed by atoms with Gasteiger partial charge in [0.05, 0.1) is 25.2 Å². The lowest BCUT2D eigenvalue weighted by Gasteiger charge is -2.40. The second kappa shape index (κ2) is 7.48. The Bertz CT molecular complexity index is 1080. The third-order valence-electron chi connectivity index (χ3n) is 8.29. The quantitative estimate of drug-likeness (QED) is 0.301. The topological polar surface area (TPSA) is 52.6 Å². The van der Waals surface area contributed by atoms with Crippen LogP contribution in [0, 0.1) is 11.3 Å². The number of halogens is 1. The van der Waals surface area contributed by atoms with Crippen molar-refractivity contribution in [3.63, 3.8) is 0 Å². The number of fused-ring (bicyclic) bond motifs is 2. The highest BCUT2D eigenvalue weighted by molar-refractivity contribution is 6.53. The van der Waals surface area contributed by atoms with Gasteiger partial charge in [-0.05, 0) is 70.9 Å². The molecule has 0 amide bonds. The Labute approximate surface area is 196 Å². The molecule has 3 aliphatic rings. The molecule has 4 rings (SSSR count). The molecule has 0 heterocycles. The Balaban J connectivity index is 2.05. The van der Waals surface area contributed by atoms with E-state index >= 15 is 0 Å². The predicted octanol–water partition coefficient (Wildman–Crippen LogP) is 6.20. The van der Waals surface area contributed by atoms with Crippen LogP contribution < -0.4 is 9.47 Å². The fourth-order valence-corrected chi connectivity index (χ4v) is 7.04. The van der Waals surface area contributed by atoms with E-state index in [-0.39, 0.29) is 17.5 Å². The van der Waals surface area contributed by atoms with Gasteiger partial charge in [-0.1, -0.05) is 29.7 Å². The molecule has 5 heteroatoms. The van der Waals surface area contributed by atoms with E-state index in [2.05, 4.69) is 40.7 Å². The minimum Gasteiger partial charge on any atom is -0.497 e. The van der Waals surface area contributed by atoms with E-state index < -0.39 is 15.7 Å². The van der Waals surface area contributed by atoms with Crippen LogP contribution in [0.3, 0.4) is 0 Å². The highest BCUT2D eigenvalue weighted by Gasteiger charge is 2.80. The maximum absolute atomic E-state index is 14.3. The monoisotopic (exact) mass is 456 g/mol. The van der Waals surface area contributed by atoms with Crippen molar-refractivity contribution < 1.29 is 19.1 Å². The van der Waals surface area contributed by atoms with Crippen molar-refractivity contribution in [2.75, 3.05) is 14.2 Å². The predicted molar refractivity (Wildman–Crippen MR) is 127 cm³/mol. The Hall–Kier alpha value is -2.07. The number of carbonyl (C=O) groups excluding carboxylic acids is 2. The molecule has 0 aromatic heterocycles. The van der Waals surface area contributed by atoms with Crippen LogP contribution >= 0.6 is 11.6 Å². The summed E-state index contributed by atoms with van der Waals surface area (Å²) in [5.74, 6) is 0.495. The van der Waals surface area contributed by atoms with Gasteiger partial charge < -0.3 is 9.47 Å². The number of benzene rings is 1. The zero-order valence-electron chi connectivity index (χ0n) is 20.1. The van der Waals surface area contributed by atoms with E-state index in [4.69, 9.17) is 21.1 Å². The van der Waals surface area contributed by atoms with Gasteiger partial charge in [0.1, 0.15) is 11.5 Å². The summed E-state index contributed by atoms with van der Waals surface area (Å²) < 4.78 is 11.2. The molecule has 0 unspecified atom stereocenters. The summed E-state index contributed by atoms with van der Waals surface area (Å²) in [7, 11) is 3.13. The van der Waals surface area contributed by atoms with E-state index in [0.717, 1.165) is 18.4 Å². The maximum atomic E-state index is 14.3. The first kappa shape index (κ1) is 23.1. The molecular weight excluding hydrogens is 424 g/mol. The van der Waals surface area contributed by atoms with Crippen LogP contribution in [0.4, 0.5) is 0 Å². The van der Waals surface area contributed by atoms with Crippen molar-refractivity contribution in [3.8, 4) is 11.5 Å². The summed E-state index contributed by atoms with van der Waals surface area (Å²) in [6.07, 6.45) is 5.00. The second-order valence-electron chi connectivity index (χ2n) is 10.3. The number of ketones is 2. The minimum absolute atomic E-state index is 0.0579. The van der Waals surface area contributed by atoms with E-state index in [1.54, 1.807) is 20.3 Å². The van der Waals surface area contributed by atoms with Crippen LogP contribution in [0.2, 0.25) is 0 Å². The summed E-state index contributed by atoms with van der Waals surface area (Å²) in [5.41, 5.74) is 3.42. The number of carbonyl (C=O) groups is 2. The Morgan fingerprint density at radius 2 is 1.84 bits per heavy atom. The molecule has 3 aliphatic carbocycles. The summed E-state index contributed by atoms with van der Waals surface area (Å²) in [6.45, 7) is 10.4. The smallest absolute Gasteiger partial charge is 0.195 e. The number of methoxy groups -OCH3 is 2. The number of hydrogen-bond acceptors (Lipinski definition) is 4. The van der Waals surface area contributed by atoms with Crippen LogP contribution in [-0.2, 0) is 10.2 Å². The molecule has 2 fully saturated rings. The lowest BCUT2D eigenvalue weighted by atomic mass is 9.66. The normalized spacial score (nSPS) is 32.5. The minimum atomic E-state index is -1.59. The molecular formula is C27H33ClO4. The summed E-state index contributed by atoms with van der Waals surface area (Å²) in [6, 6.07) is 3.59. The highest BCUT2D eigenvalue weighted by Crippen LogP contribution is 2.73. The lowest BCUT2D eigenvalue weighted by molar-refractivity contribution is -0.124. The van der Waals surface area contributed by atoms with Crippen molar-refractivity contribution in [1.82, 2.24) is 0 Å². The summed E-state index contributed by atoms with van der Waals surface area (Å²) >= 11 is 7.26. The van der Waals surface area contributed by atoms with E-state index in [9.17, 15) is 9.59 Å². The van der Waals surface area contributed by atoms with E-state index in [0.29, 0.717) is 29.9 Å². The van der Waals surface area contributed by atoms with Gasteiger partial charge in [-0.3, -0.25) is 9.59 Å². The van der Waals surface area contributed by atoms with Crippen molar-refractivity contribution in [2.45, 2.75) is 70.6 Å². The highest BCUT2D eigenvalue weighted by atomic mass is 35.5. The number of rotatable bonds is 5. The van der Waals surface area contributed by atoms with Gasteiger partial charge in [0.25, 0.3) is 0 Å². The molecule has 2 saturated carbocycles. The molecule has 0 radical (unpaired) electrons. The van der Waals surface area contributed by atoms with Gasteiger partial charge in [0, 0.05) is 11.5 Å². The molecule has 2 bridgehead atoms. The third-order valence-corrected chi connectivity index (χ3v) is 9.06. The molecule has 0 aliphatic heterocycles. The van der Waals surface area contributed by atoms with Gasteiger partial charge in [-0.2, -0.15) is 0 Å². The van der Waals surface area contributed by atoms with Gasteiger partial charge in [-0.25, -0.2) is 0 Å². The largest absolute Gasteiger partial charge is 0.497 e. The summed E-state index contributed by atoms with van der Waals surface area (Å²) in [4.78, 5) is 26.7. The van der Waals surface area contributed by atoms with Crippen molar-refractivity contribution in [2.24, 2.45) is 11.3 Å². The second-order valence-corrected chi connectivity index (χ2v) is 10.9. The fourth-order valence-electron chi connectivity index (χ4n) is 6.55. The molecule has 4 nitrogen and oxygen atoms in total. The fraction of sp³-hybridized carbons (Fsp3) is 0.556. The van der Waals surface area contributed by atoms with Gasteiger partial charge in [0.15, 0.2) is 16.4 Å². The van der Waals surface area contributed by atoms with Crippen LogP contribution in [0.5, 0.6) is 11.5 Å². The number of ether oxygens (including phenoxy) is 2. The Morgan fingerprint density at radius 3 is 2.41 bits per heavy atom. The van der Waals surface area contributed by atoms with Gasteiger partial charge >= 0.3 is 0 Å². The first-order valence-corrected chi connectivity index (χ1v) is 11.7. The average molecular weight is 457 g/mol. The standard InChI is InChI=1S/C27H33ClO4/c1-15(2)9-8-10-25(5)21-11-17(16(3)4)14-26(21)19-12-18(31-6)13-20(32-7)22(19)23(29)27(25,28)24(26)30/h9,12-13,21H,8,10-11,14H2,1-7H3/t21-,25-,26+,27-/m0/s1. The van der Waals surface area contributed by atoms with Crippen LogP contribution in [0.1, 0.15) is 76.2 Å². The van der Waals surface area contributed by atoms with Crippen LogP contribution in [0.15, 0.2) is 34.9 Å². The van der Waals surface area contributed by atoms with Crippen molar-refractivity contribution in [3.05, 3.63) is 46.1 Å². The van der Waals surface area contributed by atoms with E-state index in [1.165, 1.54) is 16.7 Å². The molecule has 1 aromatic carbocycles. The first-order valence-electron chi connectivity index (χ1n) is 11.3. The molecule has 172 valence electrons. The Morgan fingerprint density at radius 1 is 1.16 bits per heavy atom. The molecule has 0 N–H and O–H groups in total. The zero-order valence-corrected chi connectivity index (χ0v) is 20.9. The van der Waals surface area contributed by atoms with Crippen molar-refractivity contribution in [1.29, 1.82) is 0 Å². The first-order chi connectivity index (χ1) is 15.0. The zero-order chi connectivity index (χ0) is 23.6. The number of alkyl halides is 1. The van der Waals surface area contributed by atoms with E-state index in [1.807, 2.05) is 6.07 Å². The molecule has 4 atom stereocenters. The molecule has 1 spiro atoms. The maximum Gasteiger partial charge on any atom is 0.195 e. The number of Topliss-reactive ketones (excluding diaryl/α,β-unsaturated/α-hetero) is 2. The SMILES string of the molecule is COc1cc(OC)c2c(c1)[C@]13CC(=C(C)C)C[C@H]1[C@](C)(CCC=C(C)C)[C@](Cl)(C2=O)C3=O. The van der Waals surface area contributed by atoms with Crippen LogP contribution in [-0.4, -0.2) is 30.7 Å². The summed E-state index contributed by atoms with van der Waals surface area (Å²) in [5, 5.41) is 0. The van der Waals surface area contributed by atoms with Crippen LogP contribution in [0.25, 0.3) is 0 Å². The lowest BCUT2D eigenvalue weighted by Crippen LogP contribution is -2.54. The molecule has 1 aromatic rings. The van der Waals surface area contributed by atoms with Gasteiger partial charge in [0.2, 0.25) is 0 Å². The molecule has 0 saturated heterocycles. The number of hydrogen-bond donors (Lipinski definition) is 0. The number of allylic oxidation sites excluding steroid dienone is 4. The van der Waals surface area contributed by atoms with Crippen molar-refractivity contribution >= 4 is 23.2 Å². The molecule has 32 heavy (non-hydrogen) atoms. The average Bonchev–Trinajstić information content (AvgIpc) is 3.21. The Kier molecular flexibility index (Phi) is 5.40. The van der Waals surface area contributed by atoms with Gasteiger partial charge in [-0.15, -0.1) is 11.6 Å².